The number of hydrogen-bond acceptors (Lipinski definition) is 4. The Labute approximate surface area is 165 Å². The number of fused-ring (bicyclic) bond motifs is 1. The molecule has 1 aromatic rings. The number of morpholine rings is 1. The van der Waals surface area contributed by atoms with Crippen molar-refractivity contribution in [2.75, 3.05) is 32.8 Å². The van der Waals surface area contributed by atoms with Gasteiger partial charge in [-0.1, -0.05) is 12.1 Å². The first-order valence-corrected chi connectivity index (χ1v) is 9.59. The van der Waals surface area contributed by atoms with Crippen LogP contribution in [0.4, 0.5) is 18.0 Å². The average molecular weight is 413 g/mol. The number of piperidine rings is 1. The number of carbonyl (C=O) groups excluding carboxylic acids is 2. The maximum atomic E-state index is 12.9. The van der Waals surface area contributed by atoms with E-state index in [1.165, 1.54) is 18.2 Å². The zero-order valence-electron chi connectivity index (χ0n) is 15.7. The number of halogens is 3. The van der Waals surface area contributed by atoms with Crippen molar-refractivity contribution in [2.24, 2.45) is 0 Å². The molecule has 0 unspecified atom stereocenters. The molecule has 7 nitrogen and oxygen atoms in total. The van der Waals surface area contributed by atoms with Crippen LogP contribution in [0.25, 0.3) is 0 Å². The molecule has 3 amide bonds. The molecule has 3 fully saturated rings. The standard InChI is InChI=1S/C19H22F3N3O4/c20-19(21,22)29-14-3-1-2-12(8-14)13-4-6-24(9-13)18(27)25-7-5-16-15(10-25)23-17(26)11-28-16/h1-3,8,13,15-16H,4-7,9-11H2,(H,23,26)/t13-,15-,16+/m1/s1. The summed E-state index contributed by atoms with van der Waals surface area (Å²) in [6.07, 6.45) is -3.48. The van der Waals surface area contributed by atoms with Gasteiger partial charge in [0.05, 0.1) is 12.1 Å². The first kappa shape index (κ1) is 19.8. The van der Waals surface area contributed by atoms with Crippen molar-refractivity contribution in [3.8, 4) is 5.75 Å². The number of likely N-dealkylation sites (tertiary alicyclic amines) is 2. The molecule has 0 spiro atoms. The maximum absolute atomic E-state index is 12.9. The third-order valence-corrected chi connectivity index (χ3v) is 5.62. The van der Waals surface area contributed by atoms with Crippen molar-refractivity contribution in [3.63, 3.8) is 0 Å². The third-order valence-electron chi connectivity index (χ3n) is 5.62. The summed E-state index contributed by atoms with van der Waals surface area (Å²) in [5, 5.41) is 2.87. The molecule has 3 aliphatic heterocycles. The molecule has 3 saturated heterocycles. The Balaban J connectivity index is 1.37. The summed E-state index contributed by atoms with van der Waals surface area (Å²) < 4.78 is 46.9. The van der Waals surface area contributed by atoms with Crippen LogP contribution in [0.2, 0.25) is 0 Å². The van der Waals surface area contributed by atoms with Crippen LogP contribution >= 0.6 is 0 Å². The van der Waals surface area contributed by atoms with E-state index in [1.54, 1.807) is 15.9 Å². The second-order valence-corrected chi connectivity index (χ2v) is 7.59. The largest absolute Gasteiger partial charge is 0.573 e. The molecule has 1 N–H and O–H groups in total. The molecule has 0 radical (unpaired) electrons. The number of ether oxygens (including phenoxy) is 2. The Hall–Kier alpha value is -2.49. The molecule has 0 aromatic heterocycles. The molecule has 0 bridgehead atoms. The maximum Gasteiger partial charge on any atom is 0.573 e. The van der Waals surface area contributed by atoms with Gasteiger partial charge in [-0.15, -0.1) is 13.2 Å². The van der Waals surface area contributed by atoms with Crippen LogP contribution in [0.15, 0.2) is 24.3 Å². The highest BCUT2D eigenvalue weighted by Crippen LogP contribution is 2.32. The zero-order valence-corrected chi connectivity index (χ0v) is 15.7. The summed E-state index contributed by atoms with van der Waals surface area (Å²) in [6.45, 7) is 1.96. The fraction of sp³-hybridized carbons (Fsp3) is 0.579. The smallest absolute Gasteiger partial charge is 0.406 e. The fourth-order valence-corrected chi connectivity index (χ4v) is 4.25. The Morgan fingerprint density at radius 2 is 1.93 bits per heavy atom. The van der Waals surface area contributed by atoms with Crippen LogP contribution in [0.5, 0.6) is 5.75 Å². The number of hydrogen-bond donors (Lipinski definition) is 1. The van der Waals surface area contributed by atoms with E-state index in [-0.39, 0.29) is 42.4 Å². The highest BCUT2D eigenvalue weighted by atomic mass is 19.4. The molecule has 10 heteroatoms. The van der Waals surface area contributed by atoms with Gasteiger partial charge in [-0.2, -0.15) is 0 Å². The number of nitrogens with one attached hydrogen (secondary N) is 1. The number of benzene rings is 1. The Morgan fingerprint density at radius 3 is 2.72 bits per heavy atom. The minimum Gasteiger partial charge on any atom is -0.406 e. The van der Waals surface area contributed by atoms with E-state index in [2.05, 4.69) is 10.1 Å². The zero-order chi connectivity index (χ0) is 20.6. The van der Waals surface area contributed by atoms with E-state index >= 15 is 0 Å². The lowest BCUT2D eigenvalue weighted by Gasteiger charge is -2.42. The van der Waals surface area contributed by atoms with E-state index in [9.17, 15) is 22.8 Å². The predicted octanol–water partition coefficient (Wildman–Crippen LogP) is 2.08. The van der Waals surface area contributed by atoms with Crippen molar-refractivity contribution in [3.05, 3.63) is 29.8 Å². The Morgan fingerprint density at radius 1 is 1.17 bits per heavy atom. The van der Waals surface area contributed by atoms with Gasteiger partial charge in [-0.3, -0.25) is 4.79 Å². The van der Waals surface area contributed by atoms with Gasteiger partial charge in [-0.25, -0.2) is 4.79 Å². The van der Waals surface area contributed by atoms with Crippen LogP contribution in [-0.2, 0) is 9.53 Å². The third kappa shape index (κ3) is 4.58. The van der Waals surface area contributed by atoms with E-state index < -0.39 is 6.36 Å². The second-order valence-electron chi connectivity index (χ2n) is 7.59. The summed E-state index contributed by atoms with van der Waals surface area (Å²) >= 11 is 0. The van der Waals surface area contributed by atoms with Gasteiger partial charge in [0, 0.05) is 32.1 Å². The minimum atomic E-state index is -4.74. The number of urea groups is 1. The van der Waals surface area contributed by atoms with Crippen molar-refractivity contribution in [1.29, 1.82) is 0 Å². The number of alkyl halides is 3. The quantitative estimate of drug-likeness (QED) is 0.806. The fourth-order valence-electron chi connectivity index (χ4n) is 4.25. The molecule has 29 heavy (non-hydrogen) atoms. The molecular formula is C19H22F3N3O4. The van der Waals surface area contributed by atoms with Gasteiger partial charge in [0.2, 0.25) is 5.91 Å². The van der Waals surface area contributed by atoms with Gasteiger partial charge in [0.15, 0.2) is 0 Å². The van der Waals surface area contributed by atoms with E-state index in [4.69, 9.17) is 4.74 Å². The van der Waals surface area contributed by atoms with E-state index in [0.29, 0.717) is 44.6 Å². The SMILES string of the molecule is O=C1CO[C@H]2CCN(C(=O)N3CC[C@@H](c4cccc(OC(F)(F)F)c4)C3)C[C@H]2N1. The lowest BCUT2D eigenvalue weighted by Crippen LogP contribution is -2.62. The van der Waals surface area contributed by atoms with Crippen LogP contribution in [0, 0.1) is 0 Å². The van der Waals surface area contributed by atoms with Crippen LogP contribution in [0.1, 0.15) is 24.3 Å². The molecule has 0 saturated carbocycles. The molecular weight excluding hydrogens is 391 g/mol. The molecule has 3 aliphatic rings. The van der Waals surface area contributed by atoms with Crippen molar-refractivity contribution >= 4 is 11.9 Å². The molecule has 4 rings (SSSR count). The number of amides is 3. The van der Waals surface area contributed by atoms with Crippen LogP contribution in [-0.4, -0.2) is 73.0 Å². The summed E-state index contributed by atoms with van der Waals surface area (Å²) in [5.74, 6) is -0.483. The van der Waals surface area contributed by atoms with E-state index in [1.807, 2.05) is 0 Å². The number of carbonyl (C=O) groups is 2. The highest BCUT2D eigenvalue weighted by Gasteiger charge is 2.39. The van der Waals surface area contributed by atoms with Crippen LogP contribution in [0.3, 0.4) is 0 Å². The summed E-state index contributed by atoms with van der Waals surface area (Å²) in [6, 6.07) is 5.60. The lowest BCUT2D eigenvalue weighted by molar-refractivity contribution is -0.274. The lowest BCUT2D eigenvalue weighted by atomic mass is 9.98. The normalized spacial score (nSPS) is 27.4. The molecule has 3 heterocycles. The van der Waals surface area contributed by atoms with Gasteiger partial charge < -0.3 is 24.6 Å². The second kappa shape index (κ2) is 7.74. The van der Waals surface area contributed by atoms with Crippen molar-refractivity contribution in [2.45, 2.75) is 37.3 Å². The number of nitrogens with zero attached hydrogens (tertiary/aromatic N) is 2. The predicted molar refractivity (Wildman–Crippen MR) is 95.3 cm³/mol. The Kier molecular flexibility index (Phi) is 5.28. The number of rotatable bonds is 2. The van der Waals surface area contributed by atoms with Gasteiger partial charge in [-0.05, 0) is 30.5 Å². The van der Waals surface area contributed by atoms with Gasteiger partial charge in [0.25, 0.3) is 0 Å². The first-order valence-electron chi connectivity index (χ1n) is 9.59. The molecule has 1 aromatic carbocycles. The monoisotopic (exact) mass is 413 g/mol. The van der Waals surface area contributed by atoms with Gasteiger partial charge in [0.1, 0.15) is 12.4 Å². The van der Waals surface area contributed by atoms with Crippen molar-refractivity contribution < 1.29 is 32.2 Å². The molecule has 158 valence electrons. The molecule has 0 aliphatic carbocycles. The summed E-state index contributed by atoms with van der Waals surface area (Å²) in [5.41, 5.74) is 0.716. The topological polar surface area (TPSA) is 71.1 Å². The van der Waals surface area contributed by atoms with Crippen LogP contribution < -0.4 is 10.1 Å². The highest BCUT2D eigenvalue weighted by molar-refractivity contribution is 5.79. The summed E-state index contributed by atoms with van der Waals surface area (Å²) in [4.78, 5) is 27.9. The summed E-state index contributed by atoms with van der Waals surface area (Å²) in [7, 11) is 0. The Bertz CT molecular complexity index is 788. The average Bonchev–Trinajstić information content (AvgIpc) is 3.16. The van der Waals surface area contributed by atoms with Crippen molar-refractivity contribution in [1.82, 2.24) is 15.1 Å². The minimum absolute atomic E-state index is 0.0500. The molecule has 3 atom stereocenters. The van der Waals surface area contributed by atoms with E-state index in [0.717, 1.165) is 0 Å². The van der Waals surface area contributed by atoms with Gasteiger partial charge >= 0.3 is 12.4 Å². The first-order chi connectivity index (χ1) is 13.8.